The molecule has 1 rings (SSSR count). The van der Waals surface area contributed by atoms with Crippen LogP contribution >= 0.6 is 0 Å². The molecule has 6 unspecified atom stereocenters. The zero-order valence-corrected chi connectivity index (χ0v) is 40.6. The number of hydrogen-bond donors (Lipinski definition) is 4. The zero-order chi connectivity index (χ0) is 46.8. The van der Waals surface area contributed by atoms with Crippen molar-refractivity contribution in [3.63, 3.8) is 0 Å². The van der Waals surface area contributed by atoms with E-state index in [4.69, 9.17) is 18.9 Å². The van der Waals surface area contributed by atoms with Gasteiger partial charge >= 0.3 is 16.4 Å². The van der Waals surface area contributed by atoms with E-state index in [0.717, 1.165) is 83.5 Å². The predicted octanol–water partition coefficient (Wildman–Crippen LogP) is 11.3. The van der Waals surface area contributed by atoms with Crippen LogP contribution in [0.4, 0.5) is 0 Å². The van der Waals surface area contributed by atoms with Crippen LogP contribution in [-0.4, -0.2) is 97.5 Å². The zero-order valence-electron chi connectivity index (χ0n) is 39.8. The fourth-order valence-electron chi connectivity index (χ4n) is 7.36. The Kier molecular flexibility index (Phi) is 39.4. The molecule has 0 aromatic rings. The van der Waals surface area contributed by atoms with Gasteiger partial charge < -0.3 is 34.3 Å². The first kappa shape index (κ1) is 59.8. The Balaban J connectivity index is 2.40. The maximum Gasteiger partial charge on any atom is 0.397 e. The minimum Gasteiger partial charge on any atom is -0.457 e. The summed E-state index contributed by atoms with van der Waals surface area (Å²) in [4.78, 5) is 12.9. The Hall–Kier alpha value is -2.20. The molecular formula is C51H90O12S. The number of esters is 1. The third kappa shape index (κ3) is 35.1. The molecule has 13 heteroatoms. The Bertz CT molecular complexity index is 1350. The van der Waals surface area contributed by atoms with Gasteiger partial charge in [0.05, 0.1) is 19.8 Å². The highest BCUT2D eigenvalue weighted by Gasteiger charge is 2.48. The summed E-state index contributed by atoms with van der Waals surface area (Å²) in [6.45, 7) is 3.86. The number of unbranched alkanes of at least 4 members (excludes halogenated alkanes) is 20. The highest BCUT2D eigenvalue weighted by Crippen LogP contribution is 2.26. The predicted molar refractivity (Wildman–Crippen MR) is 257 cm³/mol. The van der Waals surface area contributed by atoms with Crippen molar-refractivity contribution in [2.45, 2.75) is 230 Å². The van der Waals surface area contributed by atoms with Crippen LogP contribution in [-0.2, 0) is 38.3 Å². The minimum absolute atomic E-state index is 0.0260. The van der Waals surface area contributed by atoms with Gasteiger partial charge in [-0.2, -0.15) is 8.42 Å². The summed E-state index contributed by atoms with van der Waals surface area (Å²) >= 11 is 0. The van der Waals surface area contributed by atoms with Crippen molar-refractivity contribution in [1.82, 2.24) is 0 Å². The molecule has 6 atom stereocenters. The number of aliphatic hydroxyl groups excluding tert-OH is 3. The van der Waals surface area contributed by atoms with Crippen molar-refractivity contribution in [3.8, 4) is 0 Å². The maximum atomic E-state index is 12.9. The largest absolute Gasteiger partial charge is 0.457 e. The Labute approximate surface area is 388 Å². The van der Waals surface area contributed by atoms with E-state index in [-0.39, 0.29) is 19.6 Å². The lowest BCUT2D eigenvalue weighted by Gasteiger charge is -2.41. The first-order valence-electron chi connectivity index (χ1n) is 25.0. The van der Waals surface area contributed by atoms with Gasteiger partial charge in [0, 0.05) is 13.0 Å². The number of hydrogen-bond acceptors (Lipinski definition) is 11. The summed E-state index contributed by atoms with van der Waals surface area (Å²) in [5, 5.41) is 30.7. The van der Waals surface area contributed by atoms with E-state index in [9.17, 15) is 33.1 Å². The van der Waals surface area contributed by atoms with Gasteiger partial charge in [0.1, 0.15) is 30.5 Å². The molecule has 1 heterocycles. The second-order valence-electron chi connectivity index (χ2n) is 17.0. The smallest absolute Gasteiger partial charge is 0.397 e. The molecule has 0 bridgehead atoms. The molecule has 0 aliphatic carbocycles. The molecule has 0 spiro atoms. The lowest BCUT2D eigenvalue weighted by atomic mass is 9.99. The third-order valence-corrected chi connectivity index (χ3v) is 11.6. The highest BCUT2D eigenvalue weighted by molar-refractivity contribution is 7.80. The van der Waals surface area contributed by atoms with E-state index >= 15 is 0 Å². The van der Waals surface area contributed by atoms with E-state index in [1.54, 1.807) is 0 Å². The van der Waals surface area contributed by atoms with Crippen LogP contribution in [0.2, 0.25) is 0 Å². The van der Waals surface area contributed by atoms with Crippen LogP contribution in [0.15, 0.2) is 60.8 Å². The van der Waals surface area contributed by atoms with Gasteiger partial charge in [0.25, 0.3) is 0 Å². The monoisotopic (exact) mass is 927 g/mol. The Morgan fingerprint density at radius 2 is 1.08 bits per heavy atom. The normalized spacial score (nSPS) is 20.2. The average Bonchev–Trinajstić information content (AvgIpc) is 3.27. The van der Waals surface area contributed by atoms with Crippen LogP contribution in [0.25, 0.3) is 0 Å². The molecule has 64 heavy (non-hydrogen) atoms. The van der Waals surface area contributed by atoms with E-state index in [1.807, 2.05) is 0 Å². The Morgan fingerprint density at radius 3 is 1.59 bits per heavy atom. The van der Waals surface area contributed by atoms with Gasteiger partial charge in [-0.15, -0.1) is 0 Å². The number of ether oxygens (including phenoxy) is 4. The van der Waals surface area contributed by atoms with E-state index in [1.165, 1.54) is 83.5 Å². The van der Waals surface area contributed by atoms with Crippen LogP contribution < -0.4 is 0 Å². The van der Waals surface area contributed by atoms with Crippen molar-refractivity contribution in [3.05, 3.63) is 60.8 Å². The molecule has 4 N–H and O–H groups in total. The summed E-state index contributed by atoms with van der Waals surface area (Å²) in [5.74, 6) is -0.415. The first-order valence-corrected chi connectivity index (χ1v) is 26.4. The van der Waals surface area contributed by atoms with Gasteiger partial charge in [-0.1, -0.05) is 171 Å². The second kappa shape index (κ2) is 42.2. The summed E-state index contributed by atoms with van der Waals surface area (Å²) in [7, 11) is -5.07. The van der Waals surface area contributed by atoms with Crippen molar-refractivity contribution >= 4 is 16.4 Å². The van der Waals surface area contributed by atoms with Crippen molar-refractivity contribution in [2.24, 2.45) is 0 Å². The van der Waals surface area contributed by atoms with Crippen LogP contribution in [0.1, 0.15) is 194 Å². The highest BCUT2D eigenvalue weighted by atomic mass is 32.3. The summed E-state index contributed by atoms with van der Waals surface area (Å²) in [5.41, 5.74) is 0. The van der Waals surface area contributed by atoms with E-state index < -0.39 is 59.8 Å². The molecule has 1 aliphatic rings. The van der Waals surface area contributed by atoms with Gasteiger partial charge in [-0.05, 0) is 77.0 Å². The molecule has 0 amide bonds. The quantitative estimate of drug-likeness (QED) is 0.0197. The molecular weight excluding hydrogens is 837 g/mol. The van der Waals surface area contributed by atoms with Gasteiger partial charge in [-0.3, -0.25) is 9.35 Å². The third-order valence-electron chi connectivity index (χ3n) is 11.1. The molecule has 1 fully saturated rings. The molecule has 0 aromatic carbocycles. The molecule has 372 valence electrons. The maximum absolute atomic E-state index is 12.9. The molecule has 0 radical (unpaired) electrons. The summed E-state index contributed by atoms with van der Waals surface area (Å²) in [6.07, 6.45) is 43.9. The second-order valence-corrected chi connectivity index (χ2v) is 18.1. The number of carbonyl (C=O) groups excluding carboxylic acids is 1. The topological polar surface area (TPSA) is 178 Å². The molecule has 0 aromatic heterocycles. The van der Waals surface area contributed by atoms with Gasteiger partial charge in [0.15, 0.2) is 6.29 Å². The SMILES string of the molecule is CC/C=C\C/C=C\C/C=C\C/C=C\CCCCCCCCC(=O)OC(COCCCCCCCCCC/C=C\CCCCCCCC)COC1OC(CO)C(O)C(OS(=O)(=O)O)C1O. The van der Waals surface area contributed by atoms with Crippen molar-refractivity contribution < 1.29 is 56.2 Å². The van der Waals surface area contributed by atoms with Crippen LogP contribution in [0.5, 0.6) is 0 Å². The van der Waals surface area contributed by atoms with Crippen molar-refractivity contribution in [1.29, 1.82) is 0 Å². The number of allylic oxidation sites excluding steroid dienone is 10. The van der Waals surface area contributed by atoms with Gasteiger partial charge in [-0.25, -0.2) is 4.18 Å². The fraction of sp³-hybridized carbons (Fsp3) is 0.784. The van der Waals surface area contributed by atoms with E-state index in [0.29, 0.717) is 13.0 Å². The molecule has 1 aliphatic heterocycles. The average molecular weight is 927 g/mol. The number of carbonyl (C=O) groups is 1. The standard InChI is InChI=1S/C51H90O12S/c1-3-5-7-9-11-13-15-17-19-21-23-24-26-28-30-32-34-36-38-40-47(53)61-45(44-60-51-49(55)50(63-64(56,57)58)48(54)46(42-52)62-51)43-59-41-39-37-35-33-31-29-27-25-22-20-18-16-14-12-10-8-6-4-2/h5,7,11,13,17-20,23-24,45-46,48-52,54-55H,3-4,6,8-10,12,14-16,21-22,25-44H2,1-2H3,(H,56,57,58)/b7-5-,13-11-,19-17-,20-18-,24-23-. The lowest BCUT2D eigenvalue weighted by Crippen LogP contribution is -2.60. The summed E-state index contributed by atoms with van der Waals surface area (Å²) in [6, 6.07) is 0. The van der Waals surface area contributed by atoms with Gasteiger partial charge in [0.2, 0.25) is 0 Å². The molecule has 12 nitrogen and oxygen atoms in total. The van der Waals surface area contributed by atoms with E-state index in [2.05, 4.69) is 78.8 Å². The summed E-state index contributed by atoms with van der Waals surface area (Å²) < 4.78 is 59.2. The van der Waals surface area contributed by atoms with Crippen molar-refractivity contribution in [2.75, 3.05) is 26.4 Å². The number of rotatable bonds is 43. The van der Waals surface area contributed by atoms with Crippen LogP contribution in [0, 0.1) is 0 Å². The first-order chi connectivity index (χ1) is 31.1. The van der Waals surface area contributed by atoms with Crippen LogP contribution in [0.3, 0.4) is 0 Å². The number of aliphatic hydroxyl groups is 3. The minimum atomic E-state index is -5.07. The Morgan fingerprint density at radius 1 is 0.609 bits per heavy atom. The lowest BCUT2D eigenvalue weighted by molar-refractivity contribution is -0.301. The molecule has 0 saturated carbocycles. The fourth-order valence-corrected chi connectivity index (χ4v) is 7.87. The molecule has 1 saturated heterocycles.